The summed E-state index contributed by atoms with van der Waals surface area (Å²) in [7, 11) is 1.71. The van der Waals surface area contributed by atoms with Gasteiger partial charge in [-0.25, -0.2) is 0 Å². The summed E-state index contributed by atoms with van der Waals surface area (Å²) < 4.78 is 4.93. The van der Waals surface area contributed by atoms with E-state index in [0.717, 1.165) is 18.7 Å². The van der Waals surface area contributed by atoms with Crippen molar-refractivity contribution >= 4 is 12.1 Å². The summed E-state index contributed by atoms with van der Waals surface area (Å²) in [5.41, 5.74) is 3.30. The minimum absolute atomic E-state index is 0.671. The molecule has 1 amide bonds. The van der Waals surface area contributed by atoms with Crippen molar-refractivity contribution in [1.82, 2.24) is 4.98 Å². The summed E-state index contributed by atoms with van der Waals surface area (Å²) in [6, 6.07) is 11.6. The van der Waals surface area contributed by atoms with Crippen LogP contribution in [0.5, 0.6) is 0 Å². The molecule has 0 spiro atoms. The highest BCUT2D eigenvalue weighted by Gasteiger charge is 1.88. The molecule has 4 heteroatoms. The fourth-order valence-corrected chi connectivity index (χ4v) is 1.49. The van der Waals surface area contributed by atoms with Crippen LogP contribution in [0.15, 0.2) is 48.8 Å². The van der Waals surface area contributed by atoms with Crippen LogP contribution in [0, 0.1) is 6.92 Å². The number of nitrogens with zero attached hydrogens (tertiary/aromatic N) is 1. The van der Waals surface area contributed by atoms with Gasteiger partial charge in [-0.3, -0.25) is 9.78 Å². The second-order valence-electron chi connectivity index (χ2n) is 4.23. The monoisotopic (exact) mass is 272 g/mol. The van der Waals surface area contributed by atoms with Gasteiger partial charge in [0.2, 0.25) is 6.41 Å². The van der Waals surface area contributed by atoms with E-state index in [9.17, 15) is 4.79 Å². The zero-order valence-electron chi connectivity index (χ0n) is 11.9. The van der Waals surface area contributed by atoms with Crippen LogP contribution in [0.1, 0.15) is 11.1 Å². The van der Waals surface area contributed by atoms with E-state index in [1.165, 1.54) is 11.1 Å². The molecule has 0 saturated carbocycles. The Balaban J connectivity index is 0.000000200. The highest BCUT2D eigenvalue weighted by atomic mass is 16.5. The van der Waals surface area contributed by atoms with Crippen LogP contribution >= 0.6 is 0 Å². The van der Waals surface area contributed by atoms with Crippen LogP contribution < -0.4 is 5.32 Å². The average molecular weight is 272 g/mol. The van der Waals surface area contributed by atoms with E-state index >= 15 is 0 Å². The standard InChI is InChI=1S/C8H11NO.C8H9NO/c1-10-7-4-8-2-5-9-6-3-8;1-7-2-4-8(5-3-7)9-6-10/h2-3,5-6H,4,7H2,1H3;2-6H,1H3,(H,9,10). The summed E-state index contributed by atoms with van der Waals surface area (Å²) in [6.45, 7) is 2.79. The van der Waals surface area contributed by atoms with Crippen molar-refractivity contribution < 1.29 is 9.53 Å². The maximum absolute atomic E-state index is 9.95. The highest BCUT2D eigenvalue weighted by molar-refractivity contribution is 5.70. The number of benzene rings is 1. The summed E-state index contributed by atoms with van der Waals surface area (Å²) >= 11 is 0. The second kappa shape index (κ2) is 9.69. The lowest BCUT2D eigenvalue weighted by Crippen LogP contribution is -1.93. The first-order chi connectivity index (χ1) is 9.76. The van der Waals surface area contributed by atoms with Gasteiger partial charge < -0.3 is 10.1 Å². The van der Waals surface area contributed by atoms with Gasteiger partial charge in [0.15, 0.2) is 0 Å². The second-order valence-corrected chi connectivity index (χ2v) is 4.23. The Labute approximate surface area is 119 Å². The number of hydrogen-bond donors (Lipinski definition) is 1. The van der Waals surface area contributed by atoms with E-state index in [1.54, 1.807) is 19.5 Å². The largest absolute Gasteiger partial charge is 0.384 e. The van der Waals surface area contributed by atoms with E-state index in [1.807, 2.05) is 43.3 Å². The molecule has 1 heterocycles. The molecule has 4 nitrogen and oxygen atoms in total. The maximum Gasteiger partial charge on any atom is 0.211 e. The molecular formula is C16H20N2O2. The normalized spacial score (nSPS) is 9.30. The molecule has 0 bridgehead atoms. The Morgan fingerprint density at radius 1 is 1.15 bits per heavy atom. The predicted molar refractivity (Wildman–Crippen MR) is 80.7 cm³/mol. The highest BCUT2D eigenvalue weighted by Crippen LogP contribution is 2.06. The number of ether oxygens (including phenoxy) is 1. The van der Waals surface area contributed by atoms with Crippen LogP contribution in [0.2, 0.25) is 0 Å². The van der Waals surface area contributed by atoms with Crippen molar-refractivity contribution in [2.75, 3.05) is 19.0 Å². The van der Waals surface area contributed by atoms with Gasteiger partial charge in [-0.05, 0) is 43.2 Å². The Kier molecular flexibility index (Phi) is 7.69. The summed E-state index contributed by atoms with van der Waals surface area (Å²) in [5.74, 6) is 0. The smallest absolute Gasteiger partial charge is 0.211 e. The quantitative estimate of drug-likeness (QED) is 0.851. The van der Waals surface area contributed by atoms with E-state index in [-0.39, 0.29) is 0 Å². The van der Waals surface area contributed by atoms with Gasteiger partial charge in [-0.2, -0.15) is 0 Å². The molecule has 2 rings (SSSR count). The molecular weight excluding hydrogens is 252 g/mol. The van der Waals surface area contributed by atoms with Crippen molar-refractivity contribution in [3.05, 3.63) is 59.9 Å². The molecule has 106 valence electrons. The first-order valence-electron chi connectivity index (χ1n) is 6.41. The maximum atomic E-state index is 9.95. The third-order valence-corrected chi connectivity index (χ3v) is 2.62. The Morgan fingerprint density at radius 3 is 2.35 bits per heavy atom. The molecule has 0 radical (unpaired) electrons. The summed E-state index contributed by atoms with van der Waals surface area (Å²) in [5, 5.41) is 2.55. The molecule has 0 fully saturated rings. The van der Waals surface area contributed by atoms with E-state index < -0.39 is 0 Å². The fourth-order valence-electron chi connectivity index (χ4n) is 1.49. The molecule has 0 saturated heterocycles. The predicted octanol–water partition coefficient (Wildman–Crippen LogP) is 2.83. The Bertz CT molecular complexity index is 484. The number of aromatic nitrogens is 1. The number of aryl methyl sites for hydroxylation is 1. The van der Waals surface area contributed by atoms with Gasteiger partial charge in [0.1, 0.15) is 0 Å². The summed E-state index contributed by atoms with van der Waals surface area (Å²) in [4.78, 5) is 13.9. The van der Waals surface area contributed by atoms with Crippen molar-refractivity contribution in [1.29, 1.82) is 0 Å². The van der Waals surface area contributed by atoms with Gasteiger partial charge in [0.05, 0.1) is 6.61 Å². The molecule has 0 aliphatic heterocycles. The van der Waals surface area contributed by atoms with Gasteiger partial charge in [0.25, 0.3) is 0 Å². The number of methoxy groups -OCH3 is 1. The average Bonchev–Trinajstić information content (AvgIpc) is 2.49. The minimum atomic E-state index is 0.671. The third kappa shape index (κ3) is 6.66. The number of anilines is 1. The van der Waals surface area contributed by atoms with Crippen LogP contribution in [-0.4, -0.2) is 25.1 Å². The molecule has 0 aliphatic carbocycles. The van der Waals surface area contributed by atoms with E-state index in [2.05, 4.69) is 10.3 Å². The minimum Gasteiger partial charge on any atom is -0.384 e. The number of carbonyl (C=O) groups excluding carboxylic acids is 1. The third-order valence-electron chi connectivity index (χ3n) is 2.62. The van der Waals surface area contributed by atoms with E-state index in [0.29, 0.717) is 6.41 Å². The van der Waals surface area contributed by atoms with E-state index in [4.69, 9.17) is 4.74 Å². The van der Waals surface area contributed by atoms with Gasteiger partial charge in [-0.15, -0.1) is 0 Å². The molecule has 1 N–H and O–H groups in total. The van der Waals surface area contributed by atoms with Crippen molar-refractivity contribution in [2.24, 2.45) is 0 Å². The molecule has 0 atom stereocenters. The summed E-state index contributed by atoms with van der Waals surface area (Å²) in [6.07, 6.45) is 5.24. The van der Waals surface area contributed by atoms with Crippen LogP contribution in [-0.2, 0) is 16.0 Å². The first kappa shape index (κ1) is 15.9. The number of pyridine rings is 1. The zero-order chi connectivity index (χ0) is 14.6. The lowest BCUT2D eigenvalue weighted by atomic mass is 10.2. The lowest BCUT2D eigenvalue weighted by molar-refractivity contribution is -0.105. The first-order valence-corrected chi connectivity index (χ1v) is 6.41. The Hall–Kier alpha value is -2.20. The molecule has 0 aliphatic rings. The number of rotatable bonds is 5. The molecule has 1 aromatic carbocycles. The lowest BCUT2D eigenvalue weighted by Gasteiger charge is -1.97. The molecule has 1 aromatic heterocycles. The zero-order valence-corrected chi connectivity index (χ0v) is 11.9. The van der Waals surface area contributed by atoms with Crippen LogP contribution in [0.4, 0.5) is 5.69 Å². The van der Waals surface area contributed by atoms with Gasteiger partial charge in [-0.1, -0.05) is 17.7 Å². The Morgan fingerprint density at radius 2 is 1.80 bits per heavy atom. The molecule has 0 unspecified atom stereocenters. The van der Waals surface area contributed by atoms with Crippen molar-refractivity contribution in [2.45, 2.75) is 13.3 Å². The number of hydrogen-bond acceptors (Lipinski definition) is 3. The SMILES string of the molecule is COCCc1ccncc1.Cc1ccc(NC=O)cc1. The number of nitrogens with one attached hydrogen (secondary N) is 1. The fraction of sp³-hybridized carbons (Fsp3) is 0.250. The van der Waals surface area contributed by atoms with Crippen molar-refractivity contribution in [3.8, 4) is 0 Å². The molecule has 2 aromatic rings. The van der Waals surface area contributed by atoms with Gasteiger partial charge >= 0.3 is 0 Å². The van der Waals surface area contributed by atoms with Crippen LogP contribution in [0.25, 0.3) is 0 Å². The number of carbonyl (C=O) groups is 1. The van der Waals surface area contributed by atoms with Crippen molar-refractivity contribution in [3.63, 3.8) is 0 Å². The topological polar surface area (TPSA) is 51.2 Å². The van der Waals surface area contributed by atoms with Gasteiger partial charge in [0, 0.05) is 25.2 Å². The molecule has 20 heavy (non-hydrogen) atoms. The number of amides is 1. The van der Waals surface area contributed by atoms with Crippen LogP contribution in [0.3, 0.4) is 0 Å².